The summed E-state index contributed by atoms with van der Waals surface area (Å²) in [6.07, 6.45) is 1.50. The van der Waals surface area contributed by atoms with Crippen LogP contribution in [0.25, 0.3) is 0 Å². The number of ether oxygens (including phenoxy) is 1. The van der Waals surface area contributed by atoms with Gasteiger partial charge in [-0.2, -0.15) is 5.10 Å². The molecule has 0 spiro atoms. The molecule has 0 saturated carbocycles. The minimum Gasteiger partial charge on any atom is -0.456 e. The molecule has 0 aliphatic carbocycles. The van der Waals surface area contributed by atoms with Crippen molar-refractivity contribution in [2.24, 2.45) is 0 Å². The highest BCUT2D eigenvalue weighted by Crippen LogP contribution is 2.23. The second-order valence-electron chi connectivity index (χ2n) is 4.13. The average molecular weight is 285 g/mol. The van der Waals surface area contributed by atoms with Gasteiger partial charge >= 0.3 is 5.97 Å². The van der Waals surface area contributed by atoms with Gasteiger partial charge in [0.05, 0.1) is 16.2 Å². The van der Waals surface area contributed by atoms with E-state index in [1.54, 1.807) is 6.07 Å². The molecule has 6 heteroatoms. The van der Waals surface area contributed by atoms with Gasteiger partial charge in [0, 0.05) is 4.88 Å². The Morgan fingerprint density at radius 2 is 2.33 bits per heavy atom. The predicted molar refractivity (Wildman–Crippen MR) is 71.1 cm³/mol. The molecule has 2 aromatic rings. The van der Waals surface area contributed by atoms with Gasteiger partial charge in [0.1, 0.15) is 12.2 Å². The van der Waals surface area contributed by atoms with Crippen molar-refractivity contribution in [3.63, 3.8) is 0 Å². The van der Waals surface area contributed by atoms with Crippen molar-refractivity contribution in [1.82, 2.24) is 10.2 Å². The Morgan fingerprint density at radius 3 is 2.94 bits per heavy atom. The molecule has 96 valence electrons. The molecule has 2 rings (SSSR count). The Morgan fingerprint density at radius 1 is 1.56 bits per heavy atom. The Kier molecular flexibility index (Phi) is 4.04. The number of thiophene rings is 1. The van der Waals surface area contributed by atoms with E-state index in [9.17, 15) is 4.79 Å². The summed E-state index contributed by atoms with van der Waals surface area (Å²) in [5.74, 6) is -0.164. The summed E-state index contributed by atoms with van der Waals surface area (Å²) < 4.78 is 5.92. The van der Waals surface area contributed by atoms with Crippen LogP contribution in [0, 0.1) is 0 Å². The van der Waals surface area contributed by atoms with Crippen molar-refractivity contribution in [2.45, 2.75) is 26.4 Å². The molecule has 2 aromatic heterocycles. The van der Waals surface area contributed by atoms with Gasteiger partial charge in [-0.3, -0.25) is 5.10 Å². The number of carbonyl (C=O) groups is 1. The number of esters is 1. The lowest BCUT2D eigenvalue weighted by atomic mass is 10.1. The van der Waals surface area contributed by atoms with Crippen molar-refractivity contribution in [1.29, 1.82) is 0 Å². The zero-order chi connectivity index (χ0) is 13.1. The molecule has 0 radical (unpaired) electrons. The molecule has 1 N–H and O–H groups in total. The SMILES string of the molecule is CC(C)c1[nH]ncc1C(=O)OCc1ccc(Cl)s1. The molecule has 0 aliphatic heterocycles. The third-order valence-electron chi connectivity index (χ3n) is 2.44. The quantitative estimate of drug-likeness (QED) is 0.873. The van der Waals surface area contributed by atoms with Crippen LogP contribution >= 0.6 is 22.9 Å². The van der Waals surface area contributed by atoms with Crippen molar-refractivity contribution in [2.75, 3.05) is 0 Å². The molecule has 4 nitrogen and oxygen atoms in total. The molecule has 18 heavy (non-hydrogen) atoms. The standard InChI is InChI=1S/C12H13ClN2O2S/c1-7(2)11-9(5-14-15-11)12(16)17-6-8-3-4-10(13)18-8/h3-5,7H,6H2,1-2H3,(H,14,15). The van der Waals surface area contributed by atoms with E-state index in [1.807, 2.05) is 19.9 Å². The smallest absolute Gasteiger partial charge is 0.341 e. The predicted octanol–water partition coefficient (Wildman–Crippen LogP) is 3.61. The topological polar surface area (TPSA) is 55.0 Å². The van der Waals surface area contributed by atoms with E-state index >= 15 is 0 Å². The molecule has 0 bridgehead atoms. The fourth-order valence-electron chi connectivity index (χ4n) is 1.54. The summed E-state index contributed by atoms with van der Waals surface area (Å²) in [4.78, 5) is 12.8. The van der Waals surface area contributed by atoms with Crippen molar-refractivity contribution >= 4 is 28.9 Å². The monoisotopic (exact) mass is 284 g/mol. The van der Waals surface area contributed by atoms with E-state index < -0.39 is 0 Å². The van der Waals surface area contributed by atoms with Crippen LogP contribution < -0.4 is 0 Å². The van der Waals surface area contributed by atoms with E-state index in [1.165, 1.54) is 17.5 Å². The van der Waals surface area contributed by atoms with Gasteiger partial charge in [-0.25, -0.2) is 4.79 Å². The summed E-state index contributed by atoms with van der Waals surface area (Å²) in [7, 11) is 0. The van der Waals surface area contributed by atoms with Crippen LogP contribution in [0.1, 0.15) is 40.7 Å². The highest BCUT2D eigenvalue weighted by Gasteiger charge is 2.17. The van der Waals surface area contributed by atoms with Gasteiger partial charge < -0.3 is 4.74 Å². The summed E-state index contributed by atoms with van der Waals surface area (Å²) in [6, 6.07) is 3.63. The molecule has 2 heterocycles. The van der Waals surface area contributed by atoms with Crippen LogP contribution in [0.15, 0.2) is 18.3 Å². The number of H-pyrrole nitrogens is 1. The largest absolute Gasteiger partial charge is 0.456 e. The summed E-state index contributed by atoms with van der Waals surface area (Å²) in [5, 5.41) is 6.70. The van der Waals surface area contributed by atoms with Gasteiger partial charge in [0.15, 0.2) is 0 Å². The van der Waals surface area contributed by atoms with Gasteiger partial charge in [-0.1, -0.05) is 25.4 Å². The molecule has 0 aliphatic rings. The van der Waals surface area contributed by atoms with Crippen molar-refractivity contribution < 1.29 is 9.53 Å². The first-order chi connectivity index (χ1) is 8.58. The fourth-order valence-corrected chi connectivity index (χ4v) is 2.54. The Bertz CT molecular complexity index is 548. The number of rotatable bonds is 4. The number of hydrogen-bond donors (Lipinski definition) is 1. The molecule has 0 unspecified atom stereocenters. The number of aromatic amines is 1. The summed E-state index contributed by atoms with van der Waals surface area (Å²) >= 11 is 7.21. The molecule has 0 aromatic carbocycles. The van der Waals surface area contributed by atoms with Gasteiger partial charge in [-0.05, 0) is 18.1 Å². The fraction of sp³-hybridized carbons (Fsp3) is 0.333. The van der Waals surface area contributed by atoms with Crippen LogP contribution in [0.2, 0.25) is 4.34 Å². The van der Waals surface area contributed by atoms with E-state index in [2.05, 4.69) is 10.2 Å². The van der Waals surface area contributed by atoms with E-state index in [0.717, 1.165) is 10.6 Å². The first-order valence-corrected chi connectivity index (χ1v) is 6.72. The van der Waals surface area contributed by atoms with Crippen LogP contribution in [0.3, 0.4) is 0 Å². The van der Waals surface area contributed by atoms with Crippen LogP contribution in [0.5, 0.6) is 0 Å². The first-order valence-electron chi connectivity index (χ1n) is 5.52. The Hall–Kier alpha value is -1.33. The molecule has 0 amide bonds. The van der Waals surface area contributed by atoms with E-state index in [0.29, 0.717) is 9.90 Å². The molecular formula is C12H13ClN2O2S. The minimum absolute atomic E-state index is 0.200. The van der Waals surface area contributed by atoms with Gasteiger partial charge in [-0.15, -0.1) is 11.3 Å². The maximum atomic E-state index is 11.9. The third kappa shape index (κ3) is 2.91. The Labute approximate surface area is 114 Å². The average Bonchev–Trinajstić information content (AvgIpc) is 2.94. The highest BCUT2D eigenvalue weighted by molar-refractivity contribution is 7.16. The lowest BCUT2D eigenvalue weighted by molar-refractivity contribution is 0.0475. The normalized spacial score (nSPS) is 10.9. The van der Waals surface area contributed by atoms with Crippen LogP contribution in [-0.4, -0.2) is 16.2 Å². The van der Waals surface area contributed by atoms with Gasteiger partial charge in [0.25, 0.3) is 0 Å². The number of halogens is 1. The van der Waals surface area contributed by atoms with Crippen molar-refractivity contribution in [3.8, 4) is 0 Å². The van der Waals surface area contributed by atoms with E-state index in [4.69, 9.17) is 16.3 Å². The maximum Gasteiger partial charge on any atom is 0.341 e. The number of nitrogens with one attached hydrogen (secondary N) is 1. The number of nitrogens with zero attached hydrogens (tertiary/aromatic N) is 1. The summed E-state index contributed by atoms with van der Waals surface area (Å²) in [6.45, 7) is 4.21. The zero-order valence-corrected chi connectivity index (χ0v) is 11.6. The van der Waals surface area contributed by atoms with Crippen LogP contribution in [-0.2, 0) is 11.3 Å². The molecule has 0 saturated heterocycles. The maximum absolute atomic E-state index is 11.9. The molecule has 0 fully saturated rings. The number of hydrogen-bond acceptors (Lipinski definition) is 4. The summed E-state index contributed by atoms with van der Waals surface area (Å²) in [5.41, 5.74) is 1.29. The Balaban J connectivity index is 2.01. The second-order valence-corrected chi connectivity index (χ2v) is 5.93. The van der Waals surface area contributed by atoms with Gasteiger partial charge in [0.2, 0.25) is 0 Å². The zero-order valence-electron chi connectivity index (χ0n) is 10.1. The lowest BCUT2D eigenvalue weighted by Gasteiger charge is -2.06. The highest BCUT2D eigenvalue weighted by atomic mass is 35.5. The molecular weight excluding hydrogens is 272 g/mol. The van der Waals surface area contributed by atoms with Crippen molar-refractivity contribution in [3.05, 3.63) is 38.8 Å². The third-order valence-corrected chi connectivity index (χ3v) is 3.65. The van der Waals surface area contributed by atoms with E-state index in [-0.39, 0.29) is 18.5 Å². The van der Waals surface area contributed by atoms with Crippen LogP contribution in [0.4, 0.5) is 0 Å². The first kappa shape index (κ1) is 13.1. The molecule has 0 atom stereocenters. The second kappa shape index (κ2) is 5.54. The number of aromatic nitrogens is 2. The lowest BCUT2D eigenvalue weighted by Crippen LogP contribution is -2.07. The minimum atomic E-state index is -0.364. The number of carbonyl (C=O) groups excluding carboxylic acids is 1.